The van der Waals surface area contributed by atoms with E-state index >= 15 is 0 Å². The Bertz CT molecular complexity index is 266. The Balaban J connectivity index is 2.37. The third-order valence-electron chi connectivity index (χ3n) is 3.46. The number of aliphatic hydroxyl groups excluding tert-OH is 1. The predicted octanol–water partition coefficient (Wildman–Crippen LogP) is 1.18. The Hall–Kier alpha value is -0.420. The average Bonchev–Trinajstić information content (AvgIpc) is 2.29. The van der Waals surface area contributed by atoms with Crippen molar-refractivity contribution in [2.24, 2.45) is 0 Å². The molecule has 0 aromatic carbocycles. The van der Waals surface area contributed by atoms with Crippen LogP contribution in [0.1, 0.15) is 33.6 Å². The zero-order chi connectivity index (χ0) is 13.6. The number of morpholine rings is 1. The van der Waals surface area contributed by atoms with E-state index in [4.69, 9.17) is 4.74 Å². The van der Waals surface area contributed by atoms with Crippen LogP contribution in [-0.4, -0.2) is 59.7 Å². The minimum Gasteiger partial charge on any atom is -0.389 e. The van der Waals surface area contributed by atoms with Gasteiger partial charge in [-0.2, -0.15) is 0 Å². The van der Waals surface area contributed by atoms with Gasteiger partial charge in [0.15, 0.2) is 0 Å². The van der Waals surface area contributed by atoms with Gasteiger partial charge in [-0.15, -0.1) is 0 Å². The van der Waals surface area contributed by atoms with Gasteiger partial charge in [-0.3, -0.25) is 4.90 Å². The highest BCUT2D eigenvalue weighted by molar-refractivity contribution is 4.95. The number of hydrogen-bond acceptors (Lipinski definition) is 4. The van der Waals surface area contributed by atoms with Crippen LogP contribution in [0.5, 0.6) is 0 Å². The van der Waals surface area contributed by atoms with Crippen LogP contribution >= 0.6 is 0 Å². The first kappa shape index (κ1) is 15.6. The standard InChI is InChI=1S/C14H27NO3/c1-12(2)5-4-6-14(3,17)13(16)11-15-7-9-18-10-8-15/h5,13,16-17H,4,6-11H2,1-3H3. The van der Waals surface area contributed by atoms with Gasteiger partial charge in [0.25, 0.3) is 0 Å². The molecule has 0 spiro atoms. The van der Waals surface area contributed by atoms with Crippen molar-refractivity contribution < 1.29 is 14.9 Å². The average molecular weight is 257 g/mol. The van der Waals surface area contributed by atoms with Crippen LogP contribution in [0.3, 0.4) is 0 Å². The zero-order valence-corrected chi connectivity index (χ0v) is 11.9. The highest BCUT2D eigenvalue weighted by atomic mass is 16.5. The molecular formula is C14H27NO3. The second kappa shape index (κ2) is 7.24. The number of rotatable bonds is 6. The molecule has 0 aromatic heterocycles. The Kier molecular flexibility index (Phi) is 6.29. The highest BCUT2D eigenvalue weighted by Gasteiger charge is 2.31. The van der Waals surface area contributed by atoms with Crippen LogP contribution < -0.4 is 0 Å². The predicted molar refractivity (Wildman–Crippen MR) is 72.6 cm³/mol. The van der Waals surface area contributed by atoms with Crippen LogP contribution in [0, 0.1) is 0 Å². The van der Waals surface area contributed by atoms with Crippen molar-refractivity contribution in [2.45, 2.75) is 45.3 Å². The second-order valence-corrected chi connectivity index (χ2v) is 5.61. The molecule has 0 aromatic rings. The molecule has 2 atom stereocenters. The number of β-amino-alcohol motifs (C(OH)–C–C–N with tert-alkyl or cyclic N) is 1. The van der Waals surface area contributed by atoms with E-state index in [9.17, 15) is 10.2 Å². The van der Waals surface area contributed by atoms with Gasteiger partial charge in [0.05, 0.1) is 24.9 Å². The van der Waals surface area contributed by atoms with E-state index in [0.29, 0.717) is 26.2 Å². The van der Waals surface area contributed by atoms with Gasteiger partial charge in [-0.25, -0.2) is 0 Å². The molecule has 2 N–H and O–H groups in total. The van der Waals surface area contributed by atoms with E-state index in [1.165, 1.54) is 5.57 Å². The lowest BCUT2D eigenvalue weighted by Crippen LogP contribution is -2.49. The Morgan fingerprint density at radius 2 is 2.00 bits per heavy atom. The quantitative estimate of drug-likeness (QED) is 0.702. The lowest BCUT2D eigenvalue weighted by molar-refractivity contribution is -0.0869. The lowest BCUT2D eigenvalue weighted by Gasteiger charge is -2.34. The summed E-state index contributed by atoms with van der Waals surface area (Å²) in [5.41, 5.74) is 0.220. The summed E-state index contributed by atoms with van der Waals surface area (Å²) in [4.78, 5) is 2.14. The lowest BCUT2D eigenvalue weighted by atomic mass is 9.92. The third kappa shape index (κ3) is 5.48. The Morgan fingerprint density at radius 3 is 2.56 bits per heavy atom. The normalized spacial score (nSPS) is 22.3. The smallest absolute Gasteiger partial charge is 0.0951 e. The van der Waals surface area contributed by atoms with E-state index in [1.807, 2.05) is 13.8 Å². The minimum absolute atomic E-state index is 0.519. The fourth-order valence-corrected chi connectivity index (χ4v) is 2.04. The maximum Gasteiger partial charge on any atom is 0.0951 e. The van der Waals surface area contributed by atoms with Crippen molar-refractivity contribution >= 4 is 0 Å². The van der Waals surface area contributed by atoms with Gasteiger partial charge in [-0.05, 0) is 33.6 Å². The van der Waals surface area contributed by atoms with Gasteiger partial charge >= 0.3 is 0 Å². The molecule has 4 nitrogen and oxygen atoms in total. The summed E-state index contributed by atoms with van der Waals surface area (Å²) in [7, 11) is 0. The molecule has 0 aliphatic carbocycles. The van der Waals surface area contributed by atoms with Crippen LogP contribution in [0.2, 0.25) is 0 Å². The van der Waals surface area contributed by atoms with Gasteiger partial charge in [0.2, 0.25) is 0 Å². The highest BCUT2D eigenvalue weighted by Crippen LogP contribution is 2.19. The summed E-state index contributed by atoms with van der Waals surface area (Å²) in [6, 6.07) is 0. The van der Waals surface area contributed by atoms with E-state index in [1.54, 1.807) is 6.92 Å². The molecule has 1 heterocycles. The molecule has 18 heavy (non-hydrogen) atoms. The largest absolute Gasteiger partial charge is 0.389 e. The molecule has 0 bridgehead atoms. The van der Waals surface area contributed by atoms with Crippen molar-refractivity contribution in [1.29, 1.82) is 0 Å². The Labute approximate surface area is 110 Å². The molecule has 1 aliphatic heterocycles. The van der Waals surface area contributed by atoms with E-state index in [-0.39, 0.29) is 0 Å². The van der Waals surface area contributed by atoms with Crippen LogP contribution in [0.25, 0.3) is 0 Å². The van der Waals surface area contributed by atoms with Crippen molar-refractivity contribution in [2.75, 3.05) is 32.8 Å². The van der Waals surface area contributed by atoms with Crippen LogP contribution in [0.15, 0.2) is 11.6 Å². The number of nitrogens with zero attached hydrogens (tertiary/aromatic N) is 1. The van der Waals surface area contributed by atoms with Crippen molar-refractivity contribution in [3.05, 3.63) is 11.6 Å². The van der Waals surface area contributed by atoms with Crippen molar-refractivity contribution in [1.82, 2.24) is 4.90 Å². The van der Waals surface area contributed by atoms with E-state index in [2.05, 4.69) is 11.0 Å². The SMILES string of the molecule is CC(C)=CCCC(C)(O)C(O)CN1CCOCC1. The first-order valence-corrected chi connectivity index (χ1v) is 6.76. The molecule has 1 rings (SSSR count). The summed E-state index contributed by atoms with van der Waals surface area (Å²) < 4.78 is 5.26. The maximum absolute atomic E-state index is 10.3. The Morgan fingerprint density at radius 1 is 1.39 bits per heavy atom. The van der Waals surface area contributed by atoms with E-state index < -0.39 is 11.7 Å². The summed E-state index contributed by atoms with van der Waals surface area (Å²) >= 11 is 0. The third-order valence-corrected chi connectivity index (χ3v) is 3.46. The molecule has 0 radical (unpaired) electrons. The van der Waals surface area contributed by atoms with E-state index in [0.717, 1.165) is 19.5 Å². The van der Waals surface area contributed by atoms with Gasteiger partial charge in [0.1, 0.15) is 0 Å². The second-order valence-electron chi connectivity index (χ2n) is 5.61. The van der Waals surface area contributed by atoms with Crippen LogP contribution in [-0.2, 0) is 4.74 Å². The number of aliphatic hydroxyl groups is 2. The fraction of sp³-hybridized carbons (Fsp3) is 0.857. The van der Waals surface area contributed by atoms with Gasteiger partial charge in [-0.1, -0.05) is 11.6 Å². The molecule has 1 aliphatic rings. The molecule has 2 unspecified atom stereocenters. The molecule has 0 amide bonds. The summed E-state index contributed by atoms with van der Waals surface area (Å²) in [5.74, 6) is 0. The maximum atomic E-state index is 10.3. The molecule has 4 heteroatoms. The molecule has 106 valence electrons. The molecule has 0 saturated carbocycles. The number of hydrogen-bond donors (Lipinski definition) is 2. The van der Waals surface area contributed by atoms with Crippen molar-refractivity contribution in [3.8, 4) is 0 Å². The van der Waals surface area contributed by atoms with Crippen LogP contribution in [0.4, 0.5) is 0 Å². The molecular weight excluding hydrogens is 230 g/mol. The summed E-state index contributed by atoms with van der Waals surface area (Å²) in [6.07, 6.45) is 2.77. The first-order chi connectivity index (χ1) is 8.42. The monoisotopic (exact) mass is 257 g/mol. The van der Waals surface area contributed by atoms with Gasteiger partial charge in [0, 0.05) is 19.6 Å². The first-order valence-electron chi connectivity index (χ1n) is 6.76. The topological polar surface area (TPSA) is 52.9 Å². The summed E-state index contributed by atoms with van der Waals surface area (Å²) in [6.45, 7) is 9.42. The molecule has 1 fully saturated rings. The number of allylic oxidation sites excluding steroid dienone is 2. The molecule has 1 saturated heterocycles. The van der Waals surface area contributed by atoms with Gasteiger partial charge < -0.3 is 14.9 Å². The number of ether oxygens (including phenoxy) is 1. The summed E-state index contributed by atoms with van der Waals surface area (Å²) in [5, 5.41) is 20.4. The minimum atomic E-state index is -1.02. The zero-order valence-electron chi connectivity index (χ0n) is 11.9. The fourth-order valence-electron chi connectivity index (χ4n) is 2.04. The van der Waals surface area contributed by atoms with Crippen molar-refractivity contribution in [3.63, 3.8) is 0 Å².